The van der Waals surface area contributed by atoms with Crippen molar-refractivity contribution in [1.82, 2.24) is 24.6 Å². The standard InChI is InChI=1S/C26H32N6O/c1-20-22-11-7-15-30(18-13-21-9-3-2-4-10-21)26(22)29-25(28-20)23-12-5-6-17-32(23)24(33)19-31-16-8-14-27-31/h2-4,8-10,14,16,23H,5-7,11-13,15,17-19H2,1H3. The molecule has 3 aromatic rings. The molecule has 1 atom stereocenters. The molecule has 0 spiro atoms. The molecule has 0 bridgehead atoms. The number of aryl methyl sites for hydroxylation is 1. The normalized spacial score (nSPS) is 18.3. The van der Waals surface area contributed by atoms with Gasteiger partial charge in [-0.1, -0.05) is 30.3 Å². The number of benzene rings is 1. The molecule has 0 aliphatic carbocycles. The van der Waals surface area contributed by atoms with Gasteiger partial charge in [-0.15, -0.1) is 0 Å². The molecule has 33 heavy (non-hydrogen) atoms. The van der Waals surface area contributed by atoms with Gasteiger partial charge in [0, 0.05) is 43.3 Å². The van der Waals surface area contributed by atoms with Crippen molar-refractivity contribution in [2.24, 2.45) is 0 Å². The number of hydrogen-bond acceptors (Lipinski definition) is 5. The van der Waals surface area contributed by atoms with Crippen molar-refractivity contribution in [1.29, 1.82) is 0 Å². The van der Waals surface area contributed by atoms with Crippen molar-refractivity contribution in [2.75, 3.05) is 24.5 Å². The fourth-order valence-corrected chi connectivity index (χ4v) is 5.11. The van der Waals surface area contributed by atoms with E-state index in [0.29, 0.717) is 0 Å². The molecular weight excluding hydrogens is 412 g/mol. The lowest BCUT2D eigenvalue weighted by atomic mass is 9.99. The molecule has 1 unspecified atom stereocenters. The lowest BCUT2D eigenvalue weighted by Crippen LogP contribution is -2.41. The SMILES string of the molecule is Cc1nc(C2CCCCN2C(=O)Cn2cccn2)nc2c1CCCN2CCc1ccccc1. The van der Waals surface area contributed by atoms with E-state index in [1.54, 1.807) is 10.9 Å². The molecule has 0 radical (unpaired) electrons. The fourth-order valence-electron chi connectivity index (χ4n) is 5.11. The van der Waals surface area contributed by atoms with Gasteiger partial charge in [0.25, 0.3) is 0 Å². The number of rotatable bonds is 6. The van der Waals surface area contributed by atoms with E-state index in [4.69, 9.17) is 9.97 Å². The molecule has 1 aromatic carbocycles. The Morgan fingerprint density at radius 2 is 1.94 bits per heavy atom. The van der Waals surface area contributed by atoms with Crippen LogP contribution in [-0.4, -0.2) is 50.2 Å². The number of amides is 1. The second kappa shape index (κ2) is 9.73. The van der Waals surface area contributed by atoms with Crippen molar-refractivity contribution in [3.63, 3.8) is 0 Å². The minimum absolute atomic E-state index is 0.0660. The maximum absolute atomic E-state index is 13.1. The summed E-state index contributed by atoms with van der Waals surface area (Å²) in [6.45, 7) is 5.07. The van der Waals surface area contributed by atoms with E-state index >= 15 is 0 Å². The van der Waals surface area contributed by atoms with Gasteiger partial charge in [0.2, 0.25) is 5.91 Å². The number of carbonyl (C=O) groups excluding carboxylic acids is 1. The Kier molecular flexibility index (Phi) is 6.37. The van der Waals surface area contributed by atoms with E-state index in [1.807, 2.05) is 17.2 Å². The van der Waals surface area contributed by atoms with Gasteiger partial charge in [-0.2, -0.15) is 5.10 Å². The van der Waals surface area contributed by atoms with Crippen molar-refractivity contribution in [2.45, 2.75) is 58.0 Å². The molecule has 0 saturated carbocycles. The lowest BCUT2D eigenvalue weighted by molar-refractivity contribution is -0.136. The highest BCUT2D eigenvalue weighted by molar-refractivity contribution is 5.76. The lowest BCUT2D eigenvalue weighted by Gasteiger charge is -2.36. The third kappa shape index (κ3) is 4.77. The Balaban J connectivity index is 1.39. The summed E-state index contributed by atoms with van der Waals surface area (Å²) in [5.74, 6) is 1.96. The maximum atomic E-state index is 13.1. The van der Waals surface area contributed by atoms with Gasteiger partial charge in [0.15, 0.2) is 5.82 Å². The molecule has 7 nitrogen and oxygen atoms in total. The van der Waals surface area contributed by atoms with Gasteiger partial charge in [-0.25, -0.2) is 9.97 Å². The van der Waals surface area contributed by atoms with Gasteiger partial charge < -0.3 is 9.80 Å². The van der Waals surface area contributed by atoms with Crippen molar-refractivity contribution >= 4 is 11.7 Å². The van der Waals surface area contributed by atoms with Gasteiger partial charge in [-0.3, -0.25) is 9.48 Å². The minimum atomic E-state index is -0.0660. The van der Waals surface area contributed by atoms with Gasteiger partial charge in [-0.05, 0) is 57.1 Å². The molecule has 0 N–H and O–H groups in total. The van der Waals surface area contributed by atoms with E-state index in [9.17, 15) is 4.79 Å². The molecule has 1 saturated heterocycles. The fraction of sp³-hybridized carbons (Fsp3) is 0.462. The average Bonchev–Trinajstić information content (AvgIpc) is 3.36. The third-order valence-electron chi connectivity index (χ3n) is 6.85. The highest BCUT2D eigenvalue weighted by Crippen LogP contribution is 2.33. The summed E-state index contributed by atoms with van der Waals surface area (Å²) in [4.78, 5) is 27.6. The first-order valence-electron chi connectivity index (χ1n) is 12.1. The predicted octanol–water partition coefficient (Wildman–Crippen LogP) is 3.73. The van der Waals surface area contributed by atoms with Crippen LogP contribution >= 0.6 is 0 Å². The number of anilines is 1. The Morgan fingerprint density at radius 3 is 2.76 bits per heavy atom. The van der Waals surface area contributed by atoms with Crippen LogP contribution in [0.2, 0.25) is 0 Å². The van der Waals surface area contributed by atoms with Crippen LogP contribution in [0.5, 0.6) is 0 Å². The molecule has 1 amide bonds. The monoisotopic (exact) mass is 444 g/mol. The quantitative estimate of drug-likeness (QED) is 0.580. The van der Waals surface area contributed by atoms with E-state index < -0.39 is 0 Å². The second-order valence-corrected chi connectivity index (χ2v) is 9.10. The summed E-state index contributed by atoms with van der Waals surface area (Å²) in [7, 11) is 0. The molecule has 2 aromatic heterocycles. The molecular formula is C26H32N6O. The van der Waals surface area contributed by atoms with Crippen molar-refractivity contribution in [3.05, 3.63) is 71.4 Å². The van der Waals surface area contributed by atoms with E-state index in [2.05, 4.69) is 47.3 Å². The topological polar surface area (TPSA) is 67.2 Å². The first-order valence-corrected chi connectivity index (χ1v) is 12.1. The molecule has 4 heterocycles. The number of piperidine rings is 1. The smallest absolute Gasteiger partial charge is 0.244 e. The summed E-state index contributed by atoms with van der Waals surface area (Å²) < 4.78 is 1.69. The molecule has 1 fully saturated rings. The zero-order valence-electron chi connectivity index (χ0n) is 19.4. The van der Waals surface area contributed by atoms with Crippen LogP contribution in [0.15, 0.2) is 48.8 Å². The Morgan fingerprint density at radius 1 is 1.06 bits per heavy atom. The summed E-state index contributed by atoms with van der Waals surface area (Å²) >= 11 is 0. The minimum Gasteiger partial charge on any atom is -0.356 e. The summed E-state index contributed by atoms with van der Waals surface area (Å²) in [6.07, 6.45) is 9.71. The van der Waals surface area contributed by atoms with E-state index in [-0.39, 0.29) is 18.5 Å². The number of carbonyl (C=O) groups is 1. The number of likely N-dealkylation sites (tertiary alicyclic amines) is 1. The Labute approximate surface area is 195 Å². The zero-order valence-corrected chi connectivity index (χ0v) is 19.4. The summed E-state index contributed by atoms with van der Waals surface area (Å²) in [5.41, 5.74) is 3.67. The van der Waals surface area contributed by atoms with Gasteiger partial charge in [0.05, 0.1) is 6.04 Å². The first kappa shape index (κ1) is 21.6. The van der Waals surface area contributed by atoms with Crippen LogP contribution in [0.4, 0.5) is 5.82 Å². The van der Waals surface area contributed by atoms with Crippen molar-refractivity contribution in [3.8, 4) is 0 Å². The number of aromatic nitrogens is 4. The number of nitrogens with zero attached hydrogens (tertiary/aromatic N) is 6. The average molecular weight is 445 g/mol. The highest BCUT2D eigenvalue weighted by atomic mass is 16.2. The third-order valence-corrected chi connectivity index (χ3v) is 6.85. The second-order valence-electron chi connectivity index (χ2n) is 9.10. The first-order chi connectivity index (χ1) is 16.2. The van der Waals surface area contributed by atoms with Crippen LogP contribution in [0, 0.1) is 6.92 Å². The van der Waals surface area contributed by atoms with Crippen LogP contribution < -0.4 is 4.90 Å². The van der Waals surface area contributed by atoms with Crippen molar-refractivity contribution < 1.29 is 4.79 Å². The predicted molar refractivity (Wildman–Crippen MR) is 128 cm³/mol. The van der Waals surface area contributed by atoms with Crippen LogP contribution in [-0.2, 0) is 24.2 Å². The Hall–Kier alpha value is -3.22. The Bertz CT molecular complexity index is 1080. The molecule has 7 heteroatoms. The maximum Gasteiger partial charge on any atom is 0.244 e. The molecule has 2 aliphatic heterocycles. The van der Waals surface area contributed by atoms with Crippen LogP contribution in [0.1, 0.15) is 54.4 Å². The molecule has 5 rings (SSSR count). The largest absolute Gasteiger partial charge is 0.356 e. The van der Waals surface area contributed by atoms with Crippen LogP contribution in [0.25, 0.3) is 0 Å². The number of hydrogen-bond donors (Lipinski definition) is 0. The molecule has 172 valence electrons. The van der Waals surface area contributed by atoms with Gasteiger partial charge >= 0.3 is 0 Å². The van der Waals surface area contributed by atoms with E-state index in [0.717, 1.165) is 75.5 Å². The zero-order chi connectivity index (χ0) is 22.6. The van der Waals surface area contributed by atoms with Gasteiger partial charge in [0.1, 0.15) is 12.4 Å². The van der Waals surface area contributed by atoms with Crippen LogP contribution in [0.3, 0.4) is 0 Å². The highest BCUT2D eigenvalue weighted by Gasteiger charge is 2.32. The number of fused-ring (bicyclic) bond motifs is 1. The van der Waals surface area contributed by atoms with E-state index in [1.165, 1.54) is 11.1 Å². The summed E-state index contributed by atoms with van der Waals surface area (Å²) in [6, 6.07) is 12.4. The summed E-state index contributed by atoms with van der Waals surface area (Å²) in [5, 5.41) is 4.21. The molecule has 2 aliphatic rings.